The molecular weight excluding hydrogens is 482 g/mol. The highest BCUT2D eigenvalue weighted by atomic mass is 16.5. The standard InChI is InChI=1S/C29H33N5O4/c1-38-23-9-5-8-22(18-23)33-16-14-32(15-17-33)20-28(36)34-13-12-30-29(37)26(34)19-27(35)31-25-11-4-7-21-6-2-3-10-24(21)25/h2-11,18,26H,12-17,19-20H2,1H3,(H,30,37)(H,31,35). The number of nitrogens with zero attached hydrogens (tertiary/aromatic N) is 3. The lowest BCUT2D eigenvalue weighted by atomic mass is 10.1. The maximum Gasteiger partial charge on any atom is 0.243 e. The molecule has 3 aromatic rings. The second kappa shape index (κ2) is 11.5. The molecule has 2 saturated heterocycles. The number of methoxy groups -OCH3 is 1. The van der Waals surface area contributed by atoms with E-state index < -0.39 is 6.04 Å². The van der Waals surface area contributed by atoms with E-state index in [1.165, 1.54) is 0 Å². The molecule has 2 heterocycles. The molecule has 1 unspecified atom stereocenters. The van der Waals surface area contributed by atoms with Gasteiger partial charge in [0.25, 0.3) is 0 Å². The summed E-state index contributed by atoms with van der Waals surface area (Å²) >= 11 is 0. The maximum atomic E-state index is 13.3. The van der Waals surface area contributed by atoms with Gasteiger partial charge >= 0.3 is 0 Å². The lowest BCUT2D eigenvalue weighted by molar-refractivity contribution is -0.145. The van der Waals surface area contributed by atoms with Gasteiger partial charge in [-0.3, -0.25) is 19.3 Å². The highest BCUT2D eigenvalue weighted by Gasteiger charge is 2.35. The number of piperazine rings is 2. The summed E-state index contributed by atoms with van der Waals surface area (Å²) in [4.78, 5) is 45.0. The van der Waals surface area contributed by atoms with Gasteiger partial charge in [-0.25, -0.2) is 0 Å². The molecule has 38 heavy (non-hydrogen) atoms. The van der Waals surface area contributed by atoms with Crippen LogP contribution in [0.5, 0.6) is 5.75 Å². The summed E-state index contributed by atoms with van der Waals surface area (Å²) in [6.45, 7) is 4.04. The van der Waals surface area contributed by atoms with E-state index in [9.17, 15) is 14.4 Å². The number of anilines is 2. The van der Waals surface area contributed by atoms with E-state index in [1.807, 2.05) is 60.7 Å². The first-order chi connectivity index (χ1) is 18.5. The first kappa shape index (κ1) is 25.5. The Morgan fingerprint density at radius 2 is 1.74 bits per heavy atom. The quantitative estimate of drug-likeness (QED) is 0.502. The second-order valence-corrected chi connectivity index (χ2v) is 9.64. The highest BCUT2D eigenvalue weighted by molar-refractivity contribution is 6.04. The number of rotatable bonds is 7. The molecule has 2 fully saturated rings. The Morgan fingerprint density at radius 1 is 0.974 bits per heavy atom. The fourth-order valence-electron chi connectivity index (χ4n) is 5.18. The zero-order valence-corrected chi connectivity index (χ0v) is 21.6. The van der Waals surface area contributed by atoms with Gasteiger partial charge in [-0.1, -0.05) is 42.5 Å². The molecule has 0 saturated carbocycles. The van der Waals surface area contributed by atoms with Crippen molar-refractivity contribution < 1.29 is 19.1 Å². The smallest absolute Gasteiger partial charge is 0.243 e. The van der Waals surface area contributed by atoms with Crippen LogP contribution in [0.3, 0.4) is 0 Å². The van der Waals surface area contributed by atoms with E-state index in [0.29, 0.717) is 18.8 Å². The Kier molecular flexibility index (Phi) is 7.74. The molecule has 9 nitrogen and oxygen atoms in total. The van der Waals surface area contributed by atoms with Crippen molar-refractivity contribution in [1.82, 2.24) is 15.1 Å². The molecular formula is C29H33N5O4. The molecule has 2 aliphatic heterocycles. The summed E-state index contributed by atoms with van der Waals surface area (Å²) in [5.41, 5.74) is 1.79. The normalized spacial score (nSPS) is 18.2. The fraction of sp³-hybridized carbons (Fsp3) is 0.345. The average molecular weight is 516 g/mol. The molecule has 0 aromatic heterocycles. The maximum absolute atomic E-state index is 13.3. The van der Waals surface area contributed by atoms with E-state index in [2.05, 4.69) is 26.5 Å². The molecule has 2 N–H and O–H groups in total. The molecule has 5 rings (SSSR count). The van der Waals surface area contributed by atoms with Crippen LogP contribution < -0.4 is 20.3 Å². The Labute approximate surface area is 222 Å². The minimum absolute atomic E-state index is 0.0928. The summed E-state index contributed by atoms with van der Waals surface area (Å²) < 4.78 is 5.34. The average Bonchev–Trinajstić information content (AvgIpc) is 2.94. The number of nitrogens with one attached hydrogen (secondary N) is 2. The summed E-state index contributed by atoms with van der Waals surface area (Å²) in [5.74, 6) is 0.102. The molecule has 0 aliphatic carbocycles. The van der Waals surface area contributed by atoms with E-state index in [4.69, 9.17) is 4.74 Å². The fourth-order valence-corrected chi connectivity index (χ4v) is 5.18. The van der Waals surface area contributed by atoms with Gasteiger partial charge in [0.15, 0.2) is 0 Å². The Morgan fingerprint density at radius 3 is 2.55 bits per heavy atom. The Bertz CT molecular complexity index is 1320. The van der Waals surface area contributed by atoms with Crippen LogP contribution in [0.4, 0.5) is 11.4 Å². The lowest BCUT2D eigenvalue weighted by Crippen LogP contribution is -2.60. The molecule has 9 heteroatoms. The van der Waals surface area contributed by atoms with Crippen molar-refractivity contribution in [3.8, 4) is 5.75 Å². The van der Waals surface area contributed by atoms with Crippen molar-refractivity contribution >= 4 is 39.9 Å². The Balaban J connectivity index is 1.19. The largest absolute Gasteiger partial charge is 0.497 e. The number of amides is 3. The number of benzene rings is 3. The number of carbonyl (C=O) groups is 3. The van der Waals surface area contributed by atoms with E-state index in [1.54, 1.807) is 12.0 Å². The van der Waals surface area contributed by atoms with E-state index >= 15 is 0 Å². The van der Waals surface area contributed by atoms with Crippen molar-refractivity contribution in [3.05, 3.63) is 66.7 Å². The summed E-state index contributed by atoms with van der Waals surface area (Å²) in [6, 6.07) is 20.6. The van der Waals surface area contributed by atoms with Gasteiger partial charge < -0.3 is 25.2 Å². The number of hydrogen-bond donors (Lipinski definition) is 2. The molecule has 0 bridgehead atoms. The summed E-state index contributed by atoms with van der Waals surface area (Å²) in [6.07, 6.45) is -0.0928. The number of carbonyl (C=O) groups excluding carboxylic acids is 3. The van der Waals surface area contributed by atoms with Crippen molar-refractivity contribution in [2.45, 2.75) is 12.5 Å². The van der Waals surface area contributed by atoms with E-state index in [-0.39, 0.29) is 30.7 Å². The van der Waals surface area contributed by atoms with Gasteiger partial charge in [0.05, 0.1) is 20.1 Å². The zero-order chi connectivity index (χ0) is 26.5. The Hall–Kier alpha value is -4.11. The van der Waals surface area contributed by atoms with Gasteiger partial charge in [-0.05, 0) is 23.6 Å². The van der Waals surface area contributed by atoms with Gasteiger partial charge in [0.2, 0.25) is 17.7 Å². The molecule has 0 radical (unpaired) electrons. The molecule has 1 atom stereocenters. The van der Waals surface area contributed by atoms with Crippen LogP contribution in [0, 0.1) is 0 Å². The molecule has 198 valence electrons. The second-order valence-electron chi connectivity index (χ2n) is 9.64. The van der Waals surface area contributed by atoms with Crippen LogP contribution in [0.1, 0.15) is 6.42 Å². The van der Waals surface area contributed by atoms with Gasteiger partial charge in [0, 0.05) is 62.1 Å². The number of ether oxygens (including phenoxy) is 1. The summed E-state index contributed by atoms with van der Waals surface area (Å²) in [5, 5.41) is 7.70. The minimum Gasteiger partial charge on any atom is -0.497 e. The number of fused-ring (bicyclic) bond motifs is 1. The molecule has 0 spiro atoms. The van der Waals surface area contributed by atoms with Crippen LogP contribution in [-0.2, 0) is 14.4 Å². The van der Waals surface area contributed by atoms with Crippen LogP contribution in [0.25, 0.3) is 10.8 Å². The van der Waals surface area contributed by atoms with Crippen molar-refractivity contribution in [3.63, 3.8) is 0 Å². The molecule has 3 amide bonds. The van der Waals surface area contributed by atoms with Crippen LogP contribution >= 0.6 is 0 Å². The summed E-state index contributed by atoms with van der Waals surface area (Å²) in [7, 11) is 1.66. The predicted octanol–water partition coefficient (Wildman–Crippen LogP) is 2.33. The highest BCUT2D eigenvalue weighted by Crippen LogP contribution is 2.24. The molecule has 2 aliphatic rings. The van der Waals surface area contributed by atoms with Gasteiger partial charge in [-0.15, -0.1) is 0 Å². The van der Waals surface area contributed by atoms with Crippen LogP contribution in [-0.4, -0.2) is 86.5 Å². The van der Waals surface area contributed by atoms with Crippen molar-refractivity contribution in [1.29, 1.82) is 0 Å². The van der Waals surface area contributed by atoms with Crippen LogP contribution in [0.2, 0.25) is 0 Å². The minimum atomic E-state index is -0.829. The third-order valence-electron chi connectivity index (χ3n) is 7.24. The van der Waals surface area contributed by atoms with Gasteiger partial charge in [-0.2, -0.15) is 0 Å². The molecule has 3 aromatic carbocycles. The topological polar surface area (TPSA) is 94.2 Å². The van der Waals surface area contributed by atoms with Crippen molar-refractivity contribution in [2.24, 2.45) is 0 Å². The third kappa shape index (κ3) is 5.73. The SMILES string of the molecule is COc1cccc(N2CCN(CC(=O)N3CCNC(=O)C3CC(=O)Nc3cccc4ccccc34)CC2)c1. The van der Waals surface area contributed by atoms with E-state index in [0.717, 1.165) is 48.4 Å². The number of hydrogen-bond acceptors (Lipinski definition) is 6. The lowest BCUT2D eigenvalue weighted by Gasteiger charge is -2.39. The third-order valence-corrected chi connectivity index (χ3v) is 7.24. The first-order valence-corrected chi connectivity index (χ1v) is 13.0. The van der Waals surface area contributed by atoms with Crippen molar-refractivity contribution in [2.75, 3.05) is 63.1 Å². The first-order valence-electron chi connectivity index (χ1n) is 13.0. The van der Waals surface area contributed by atoms with Gasteiger partial charge in [0.1, 0.15) is 11.8 Å². The monoisotopic (exact) mass is 515 g/mol. The predicted molar refractivity (Wildman–Crippen MR) is 147 cm³/mol. The zero-order valence-electron chi connectivity index (χ0n) is 21.6. The van der Waals surface area contributed by atoms with Crippen LogP contribution in [0.15, 0.2) is 66.7 Å².